The average molecular weight is 350 g/mol. The highest BCUT2D eigenvalue weighted by Crippen LogP contribution is 2.46. The molecule has 0 radical (unpaired) electrons. The van der Waals surface area contributed by atoms with Crippen LogP contribution in [0.4, 0.5) is 0 Å². The van der Waals surface area contributed by atoms with Crippen LogP contribution in [0.2, 0.25) is 0 Å². The molecule has 2 heterocycles. The van der Waals surface area contributed by atoms with Gasteiger partial charge in [-0.3, -0.25) is 0 Å². The fourth-order valence-electron chi connectivity index (χ4n) is 4.02. The molecule has 0 aromatic heterocycles. The third-order valence-corrected chi connectivity index (χ3v) is 6.23. The summed E-state index contributed by atoms with van der Waals surface area (Å²) in [6, 6.07) is 0. The average Bonchev–Trinajstić information content (AvgIpc) is 3.18. The summed E-state index contributed by atoms with van der Waals surface area (Å²) in [5.41, 5.74) is -1.72. The van der Waals surface area contributed by atoms with Gasteiger partial charge in [-0.25, -0.2) is 4.79 Å². The third-order valence-electron chi connectivity index (χ3n) is 6.23. The van der Waals surface area contributed by atoms with Gasteiger partial charge in [0, 0.05) is 5.57 Å². The van der Waals surface area contributed by atoms with Gasteiger partial charge in [0.1, 0.15) is 5.60 Å². The Bertz CT molecular complexity index is 595. The van der Waals surface area contributed by atoms with E-state index in [4.69, 9.17) is 9.47 Å². The van der Waals surface area contributed by atoms with Gasteiger partial charge in [0.05, 0.1) is 23.4 Å². The minimum atomic E-state index is -1.01. The van der Waals surface area contributed by atoms with Crippen molar-refractivity contribution in [3.63, 3.8) is 0 Å². The van der Waals surface area contributed by atoms with Gasteiger partial charge in [-0.2, -0.15) is 0 Å². The Morgan fingerprint density at radius 3 is 2.64 bits per heavy atom. The number of carbonyl (C=O) groups is 1. The number of aliphatic hydroxyl groups excluding tert-OH is 1. The van der Waals surface area contributed by atoms with Crippen molar-refractivity contribution in [3.8, 4) is 0 Å². The van der Waals surface area contributed by atoms with Crippen LogP contribution in [0.15, 0.2) is 24.3 Å². The highest BCUT2D eigenvalue weighted by atomic mass is 16.6. The van der Waals surface area contributed by atoms with Crippen LogP contribution in [-0.4, -0.2) is 45.2 Å². The molecule has 5 heteroatoms. The number of epoxide rings is 1. The largest absolute Gasteiger partial charge is 0.453 e. The Labute approximate surface area is 149 Å². The molecular weight excluding hydrogens is 320 g/mol. The minimum absolute atomic E-state index is 0.0170. The van der Waals surface area contributed by atoms with E-state index in [1.165, 1.54) is 0 Å². The quantitative estimate of drug-likeness (QED) is 0.304. The first-order valence-electron chi connectivity index (χ1n) is 9.23. The molecule has 2 aliphatic heterocycles. The summed E-state index contributed by atoms with van der Waals surface area (Å²) in [5.74, 6) is -0.408. The molecule has 1 aliphatic carbocycles. The minimum Gasteiger partial charge on any atom is -0.453 e. The number of ether oxygens (including phenoxy) is 2. The molecule has 0 amide bonds. The van der Waals surface area contributed by atoms with E-state index >= 15 is 0 Å². The topological polar surface area (TPSA) is 79.3 Å². The predicted molar refractivity (Wildman–Crippen MR) is 93.9 cm³/mol. The van der Waals surface area contributed by atoms with Gasteiger partial charge in [0.15, 0.2) is 0 Å². The fourth-order valence-corrected chi connectivity index (χ4v) is 4.02. The zero-order chi connectivity index (χ0) is 18.5. The molecule has 140 valence electrons. The molecule has 3 aliphatic rings. The van der Waals surface area contributed by atoms with Crippen molar-refractivity contribution in [1.29, 1.82) is 0 Å². The molecule has 2 fully saturated rings. The molecule has 0 unspecified atom stereocenters. The molecule has 0 saturated carbocycles. The Kier molecular flexibility index (Phi) is 4.63. The molecule has 2 saturated heterocycles. The summed E-state index contributed by atoms with van der Waals surface area (Å²) >= 11 is 0. The van der Waals surface area contributed by atoms with Crippen molar-refractivity contribution in [2.24, 2.45) is 5.92 Å². The van der Waals surface area contributed by atoms with E-state index in [9.17, 15) is 15.0 Å². The number of aliphatic hydroxyl groups is 2. The standard InChI is InChI=1S/C20H30O5/c1-13-14-6-11-19(3,25-17(13)22)15(21)7-10-18(2,23)8-5-9-20(4)16(12-14)24-20/h5,8,14-16,21,23H,1,6-7,9-12H2,2-4H3/b8-5-/t14-,15+,16+,18+,19-,20+/m1/s1. The second-order valence-corrected chi connectivity index (χ2v) is 8.64. The third kappa shape index (κ3) is 3.83. The van der Waals surface area contributed by atoms with Crippen LogP contribution in [-0.2, 0) is 14.3 Å². The van der Waals surface area contributed by atoms with Crippen LogP contribution in [0.5, 0.6) is 0 Å². The monoisotopic (exact) mass is 350 g/mol. The zero-order valence-electron chi connectivity index (χ0n) is 15.5. The van der Waals surface area contributed by atoms with Gasteiger partial charge in [-0.15, -0.1) is 0 Å². The van der Waals surface area contributed by atoms with E-state index in [0.717, 1.165) is 19.3 Å². The van der Waals surface area contributed by atoms with E-state index in [0.29, 0.717) is 24.8 Å². The lowest BCUT2D eigenvalue weighted by Gasteiger charge is -2.34. The van der Waals surface area contributed by atoms with Crippen LogP contribution < -0.4 is 0 Å². The van der Waals surface area contributed by atoms with Crippen LogP contribution >= 0.6 is 0 Å². The number of esters is 1. The molecule has 2 bridgehead atoms. The van der Waals surface area contributed by atoms with E-state index in [2.05, 4.69) is 13.5 Å². The van der Waals surface area contributed by atoms with Crippen LogP contribution in [0.1, 0.15) is 59.3 Å². The van der Waals surface area contributed by atoms with E-state index in [1.807, 2.05) is 6.08 Å². The Morgan fingerprint density at radius 2 is 1.92 bits per heavy atom. The smallest absolute Gasteiger partial charge is 0.334 e. The molecule has 0 aromatic carbocycles. The van der Waals surface area contributed by atoms with Gasteiger partial charge >= 0.3 is 5.97 Å². The maximum atomic E-state index is 12.5. The summed E-state index contributed by atoms with van der Waals surface area (Å²) in [4.78, 5) is 12.5. The molecule has 6 atom stereocenters. The summed E-state index contributed by atoms with van der Waals surface area (Å²) < 4.78 is 11.5. The van der Waals surface area contributed by atoms with Crippen LogP contribution in [0.3, 0.4) is 0 Å². The number of hydrogen-bond acceptors (Lipinski definition) is 5. The van der Waals surface area contributed by atoms with E-state index in [-0.39, 0.29) is 17.6 Å². The maximum absolute atomic E-state index is 12.5. The van der Waals surface area contributed by atoms with Crippen LogP contribution in [0.25, 0.3) is 0 Å². The summed E-state index contributed by atoms with van der Waals surface area (Å²) in [7, 11) is 0. The summed E-state index contributed by atoms with van der Waals surface area (Å²) in [6.07, 6.45) is 6.51. The van der Waals surface area contributed by atoms with Crippen molar-refractivity contribution in [3.05, 3.63) is 24.3 Å². The molecular formula is C20H30O5. The van der Waals surface area contributed by atoms with Crippen molar-refractivity contribution in [1.82, 2.24) is 0 Å². The normalized spacial score (nSPS) is 49.6. The van der Waals surface area contributed by atoms with Crippen molar-refractivity contribution in [2.75, 3.05) is 0 Å². The van der Waals surface area contributed by atoms with Gasteiger partial charge in [-0.05, 0) is 65.2 Å². The lowest BCUT2D eigenvalue weighted by atomic mass is 9.82. The first-order valence-corrected chi connectivity index (χ1v) is 9.23. The lowest BCUT2D eigenvalue weighted by molar-refractivity contribution is -0.166. The Morgan fingerprint density at radius 1 is 1.20 bits per heavy atom. The zero-order valence-corrected chi connectivity index (χ0v) is 15.5. The molecule has 0 spiro atoms. The van der Waals surface area contributed by atoms with Crippen molar-refractivity contribution < 1.29 is 24.5 Å². The van der Waals surface area contributed by atoms with Gasteiger partial charge in [0.25, 0.3) is 0 Å². The van der Waals surface area contributed by atoms with Crippen molar-refractivity contribution in [2.45, 2.75) is 88.3 Å². The molecule has 5 nitrogen and oxygen atoms in total. The first kappa shape index (κ1) is 18.6. The van der Waals surface area contributed by atoms with Gasteiger partial charge in [-0.1, -0.05) is 18.7 Å². The number of fused-ring (bicyclic) bond motifs is 4. The highest BCUT2D eigenvalue weighted by Gasteiger charge is 2.53. The SMILES string of the molecule is C=C1C(=O)O[C@]2(C)CC[C@@H]1C[C@@H]1O[C@@]1(C)C/C=C\[C@](C)(O)CC[C@@H]2O. The second kappa shape index (κ2) is 6.22. The highest BCUT2D eigenvalue weighted by molar-refractivity contribution is 5.89. The van der Waals surface area contributed by atoms with Gasteiger partial charge in [0.2, 0.25) is 0 Å². The van der Waals surface area contributed by atoms with Crippen LogP contribution in [0, 0.1) is 5.92 Å². The molecule has 25 heavy (non-hydrogen) atoms. The van der Waals surface area contributed by atoms with Crippen molar-refractivity contribution >= 4 is 5.97 Å². The lowest BCUT2D eigenvalue weighted by Crippen LogP contribution is -2.43. The molecule has 3 rings (SSSR count). The maximum Gasteiger partial charge on any atom is 0.334 e. The number of rotatable bonds is 0. The van der Waals surface area contributed by atoms with E-state index < -0.39 is 23.3 Å². The summed E-state index contributed by atoms with van der Waals surface area (Å²) in [5, 5.41) is 21.2. The number of hydrogen-bond donors (Lipinski definition) is 2. The first-order chi connectivity index (χ1) is 11.5. The Hall–Kier alpha value is -1.17. The fraction of sp³-hybridized carbons (Fsp3) is 0.750. The molecule has 2 N–H and O–H groups in total. The number of carbonyl (C=O) groups excluding carboxylic acids is 1. The van der Waals surface area contributed by atoms with E-state index in [1.54, 1.807) is 19.9 Å². The predicted octanol–water partition coefficient (Wildman–Crippen LogP) is 2.65. The molecule has 0 aromatic rings. The Balaban J connectivity index is 1.88. The summed E-state index contributed by atoms with van der Waals surface area (Å²) in [6.45, 7) is 9.52. The van der Waals surface area contributed by atoms with Gasteiger partial charge < -0.3 is 19.7 Å². The second-order valence-electron chi connectivity index (χ2n) is 8.64.